The third kappa shape index (κ3) is 4.00. The van der Waals surface area contributed by atoms with Crippen molar-refractivity contribution in [1.82, 2.24) is 5.32 Å². The molecule has 0 fully saturated rings. The van der Waals surface area contributed by atoms with Gasteiger partial charge < -0.3 is 4.74 Å². The molecule has 0 radical (unpaired) electrons. The Morgan fingerprint density at radius 1 is 1.39 bits per heavy atom. The number of benzene rings is 1. The molecule has 0 aliphatic rings. The minimum Gasteiger partial charge on any atom is -0.465 e. The summed E-state index contributed by atoms with van der Waals surface area (Å²) in [5.74, 6) is -0.209. The van der Waals surface area contributed by atoms with Crippen LogP contribution in [0.15, 0.2) is 24.3 Å². The minimum atomic E-state index is -0.295. The van der Waals surface area contributed by atoms with Gasteiger partial charge in [0.05, 0.1) is 6.61 Å². The Hall–Kier alpha value is -1.06. The zero-order valence-electron chi connectivity index (χ0n) is 11.1. The number of carbonyl (C=O) groups is 1. The molecule has 0 aliphatic heterocycles. The van der Waals surface area contributed by atoms with Gasteiger partial charge in [-0.25, -0.2) is 0 Å². The lowest BCUT2D eigenvalue weighted by Crippen LogP contribution is -2.39. The summed E-state index contributed by atoms with van der Waals surface area (Å²) in [4.78, 5) is 11.7. The van der Waals surface area contributed by atoms with Crippen molar-refractivity contribution in [2.24, 2.45) is 0 Å². The maximum absolute atomic E-state index is 11.7. The molecule has 100 valence electrons. The first-order valence-electron chi connectivity index (χ1n) is 6.27. The molecule has 1 N–H and O–H groups in total. The SMILES string of the molecule is CCOC(=O)C(CC)N[C@@H](C)c1ccccc1Cl. The zero-order chi connectivity index (χ0) is 13.5. The van der Waals surface area contributed by atoms with Crippen LogP contribution in [0.2, 0.25) is 5.02 Å². The molecule has 1 aromatic rings. The van der Waals surface area contributed by atoms with Crippen molar-refractivity contribution in [3.05, 3.63) is 34.9 Å². The summed E-state index contributed by atoms with van der Waals surface area (Å²) in [6.07, 6.45) is 0.688. The monoisotopic (exact) mass is 269 g/mol. The van der Waals surface area contributed by atoms with Crippen molar-refractivity contribution in [3.8, 4) is 0 Å². The number of nitrogens with one attached hydrogen (secondary N) is 1. The van der Waals surface area contributed by atoms with Crippen molar-refractivity contribution >= 4 is 17.6 Å². The van der Waals surface area contributed by atoms with E-state index < -0.39 is 0 Å². The molecule has 1 aromatic carbocycles. The van der Waals surface area contributed by atoms with E-state index in [1.165, 1.54) is 0 Å². The third-order valence-corrected chi connectivity index (χ3v) is 3.15. The molecule has 0 saturated heterocycles. The van der Waals surface area contributed by atoms with Crippen molar-refractivity contribution in [2.75, 3.05) is 6.61 Å². The molecule has 4 heteroatoms. The van der Waals surface area contributed by atoms with E-state index in [0.717, 1.165) is 5.56 Å². The molecule has 1 unspecified atom stereocenters. The summed E-state index contributed by atoms with van der Waals surface area (Å²) in [5, 5.41) is 3.95. The number of ether oxygens (including phenoxy) is 1. The van der Waals surface area contributed by atoms with Gasteiger partial charge in [-0.3, -0.25) is 10.1 Å². The van der Waals surface area contributed by atoms with Gasteiger partial charge in [-0.05, 0) is 31.9 Å². The molecule has 2 atom stereocenters. The average molecular weight is 270 g/mol. The Labute approximate surface area is 113 Å². The maximum atomic E-state index is 11.7. The highest BCUT2D eigenvalue weighted by atomic mass is 35.5. The molecule has 0 saturated carbocycles. The lowest BCUT2D eigenvalue weighted by Gasteiger charge is -2.21. The van der Waals surface area contributed by atoms with Crippen molar-refractivity contribution in [3.63, 3.8) is 0 Å². The summed E-state index contributed by atoms with van der Waals surface area (Å²) >= 11 is 6.13. The van der Waals surface area contributed by atoms with Gasteiger partial charge in [-0.1, -0.05) is 36.7 Å². The molecule has 0 aromatic heterocycles. The van der Waals surface area contributed by atoms with E-state index in [-0.39, 0.29) is 18.1 Å². The summed E-state index contributed by atoms with van der Waals surface area (Å²) in [7, 11) is 0. The second-order valence-corrected chi connectivity index (χ2v) is 4.53. The van der Waals surface area contributed by atoms with Crippen LogP contribution in [0.4, 0.5) is 0 Å². The second kappa shape index (κ2) is 7.39. The predicted octanol–water partition coefficient (Wildman–Crippen LogP) is 3.33. The van der Waals surface area contributed by atoms with Crippen LogP contribution in [0.3, 0.4) is 0 Å². The molecule has 18 heavy (non-hydrogen) atoms. The van der Waals surface area contributed by atoms with Gasteiger partial charge in [-0.2, -0.15) is 0 Å². The van der Waals surface area contributed by atoms with Gasteiger partial charge >= 0.3 is 5.97 Å². The quantitative estimate of drug-likeness (QED) is 0.805. The second-order valence-electron chi connectivity index (χ2n) is 4.12. The molecule has 0 aliphatic carbocycles. The van der Waals surface area contributed by atoms with Gasteiger partial charge in [0.15, 0.2) is 0 Å². The van der Waals surface area contributed by atoms with Crippen molar-refractivity contribution in [2.45, 2.75) is 39.3 Å². The van der Waals surface area contributed by atoms with E-state index in [1.54, 1.807) is 0 Å². The van der Waals surface area contributed by atoms with Gasteiger partial charge in [0.2, 0.25) is 0 Å². The standard InChI is InChI=1S/C14H20ClNO2/c1-4-13(14(17)18-5-2)16-10(3)11-8-6-7-9-12(11)15/h6-10,13,16H,4-5H2,1-3H3/t10-,13?/m0/s1. The number of esters is 1. The van der Waals surface area contributed by atoms with Crippen LogP contribution in [0.25, 0.3) is 0 Å². The molecule has 0 heterocycles. The normalized spacial score (nSPS) is 14.0. The molecular formula is C14H20ClNO2. The number of hydrogen-bond donors (Lipinski definition) is 1. The fraction of sp³-hybridized carbons (Fsp3) is 0.500. The highest BCUT2D eigenvalue weighted by molar-refractivity contribution is 6.31. The number of carbonyl (C=O) groups excluding carboxylic acids is 1. The summed E-state index contributed by atoms with van der Waals surface area (Å²) in [6, 6.07) is 7.34. The minimum absolute atomic E-state index is 0.00746. The Bertz CT molecular complexity index is 395. The summed E-state index contributed by atoms with van der Waals surface area (Å²) < 4.78 is 5.03. The van der Waals surface area contributed by atoms with Crippen LogP contribution < -0.4 is 5.32 Å². The van der Waals surface area contributed by atoms with Crippen molar-refractivity contribution < 1.29 is 9.53 Å². The van der Waals surface area contributed by atoms with Gasteiger partial charge in [-0.15, -0.1) is 0 Å². The van der Waals surface area contributed by atoms with Crippen LogP contribution in [0, 0.1) is 0 Å². The molecule has 0 spiro atoms. The van der Waals surface area contributed by atoms with Crippen LogP contribution in [0.1, 0.15) is 38.8 Å². The maximum Gasteiger partial charge on any atom is 0.323 e. The Morgan fingerprint density at radius 3 is 2.61 bits per heavy atom. The molecule has 0 amide bonds. The first-order chi connectivity index (χ1) is 8.60. The largest absolute Gasteiger partial charge is 0.465 e. The lowest BCUT2D eigenvalue weighted by molar-refractivity contribution is -0.145. The molecular weight excluding hydrogens is 250 g/mol. The van der Waals surface area contributed by atoms with E-state index in [2.05, 4.69) is 5.32 Å². The topological polar surface area (TPSA) is 38.3 Å². The highest BCUT2D eigenvalue weighted by Gasteiger charge is 2.20. The predicted molar refractivity (Wildman–Crippen MR) is 73.7 cm³/mol. The number of hydrogen-bond acceptors (Lipinski definition) is 3. The molecule has 0 bridgehead atoms. The first kappa shape index (κ1) is 15.0. The van der Waals surface area contributed by atoms with Crippen LogP contribution >= 0.6 is 11.6 Å². The Balaban J connectivity index is 2.70. The average Bonchev–Trinajstić information content (AvgIpc) is 2.36. The van der Waals surface area contributed by atoms with Gasteiger partial charge in [0.25, 0.3) is 0 Å². The Morgan fingerprint density at radius 2 is 2.06 bits per heavy atom. The fourth-order valence-electron chi connectivity index (χ4n) is 1.81. The van der Waals surface area contributed by atoms with Crippen LogP contribution in [-0.4, -0.2) is 18.6 Å². The Kier molecular flexibility index (Phi) is 6.16. The third-order valence-electron chi connectivity index (χ3n) is 2.80. The van der Waals surface area contributed by atoms with Gasteiger partial charge in [0, 0.05) is 11.1 Å². The van der Waals surface area contributed by atoms with E-state index in [1.807, 2.05) is 45.0 Å². The van der Waals surface area contributed by atoms with E-state index >= 15 is 0 Å². The first-order valence-corrected chi connectivity index (χ1v) is 6.65. The highest BCUT2D eigenvalue weighted by Crippen LogP contribution is 2.22. The summed E-state index contributed by atoms with van der Waals surface area (Å²) in [5.41, 5.74) is 0.988. The summed E-state index contributed by atoms with van der Waals surface area (Å²) in [6.45, 7) is 6.15. The number of halogens is 1. The van der Waals surface area contributed by atoms with Crippen LogP contribution in [-0.2, 0) is 9.53 Å². The van der Waals surface area contributed by atoms with E-state index in [9.17, 15) is 4.79 Å². The van der Waals surface area contributed by atoms with Crippen LogP contribution in [0.5, 0.6) is 0 Å². The van der Waals surface area contributed by atoms with E-state index in [0.29, 0.717) is 18.1 Å². The molecule has 1 rings (SSSR count). The fourth-order valence-corrected chi connectivity index (χ4v) is 2.11. The van der Waals surface area contributed by atoms with Gasteiger partial charge in [0.1, 0.15) is 6.04 Å². The molecule has 3 nitrogen and oxygen atoms in total. The van der Waals surface area contributed by atoms with E-state index in [4.69, 9.17) is 16.3 Å². The zero-order valence-corrected chi connectivity index (χ0v) is 11.8. The lowest BCUT2D eigenvalue weighted by atomic mass is 10.1. The van der Waals surface area contributed by atoms with Crippen molar-refractivity contribution in [1.29, 1.82) is 0 Å². The number of rotatable bonds is 6. The smallest absolute Gasteiger partial charge is 0.323 e.